The minimum atomic E-state index is -0.489. The van der Waals surface area contributed by atoms with Crippen LogP contribution in [0.5, 0.6) is 11.5 Å². The Morgan fingerprint density at radius 2 is 1.92 bits per heavy atom. The zero-order valence-electron chi connectivity index (χ0n) is 22.6. The number of aromatic hydroxyl groups is 1. The van der Waals surface area contributed by atoms with Crippen LogP contribution in [0.3, 0.4) is 0 Å². The molecule has 1 saturated heterocycles. The second kappa shape index (κ2) is 8.11. The molecule has 7 atom stereocenters. The van der Waals surface area contributed by atoms with E-state index in [-0.39, 0.29) is 34.7 Å². The van der Waals surface area contributed by atoms with Crippen molar-refractivity contribution in [2.45, 2.75) is 119 Å². The lowest BCUT2D eigenvalue weighted by Gasteiger charge is -2.74. The molecule has 0 amide bonds. The van der Waals surface area contributed by atoms with Gasteiger partial charge in [-0.15, -0.1) is 0 Å². The van der Waals surface area contributed by atoms with Crippen molar-refractivity contribution in [3.05, 3.63) is 23.3 Å². The molecule has 0 aromatic heterocycles. The smallest absolute Gasteiger partial charge is 0.165 e. The monoisotopic (exact) mass is 507 g/mol. The highest BCUT2D eigenvalue weighted by atomic mass is 16.6. The van der Waals surface area contributed by atoms with Crippen molar-refractivity contribution in [2.75, 3.05) is 20.2 Å². The normalized spacial score (nSPS) is 42.9. The zero-order chi connectivity index (χ0) is 25.0. The van der Waals surface area contributed by atoms with E-state index in [1.165, 1.54) is 62.6 Å². The fourth-order valence-corrected chi connectivity index (χ4v) is 11.0. The number of hydrogen-bond donors (Lipinski definition) is 2. The predicted octanol–water partition coefficient (Wildman–Crippen LogP) is 5.34. The second-order valence-corrected chi connectivity index (χ2v) is 14.1. The number of ether oxygens (including phenoxy) is 2. The maximum atomic E-state index is 11.9. The molecule has 1 aromatic rings. The lowest BCUT2D eigenvalue weighted by Crippen LogP contribution is -2.81. The van der Waals surface area contributed by atoms with Gasteiger partial charge in [0.2, 0.25) is 0 Å². The second-order valence-electron chi connectivity index (χ2n) is 14.1. The van der Waals surface area contributed by atoms with Gasteiger partial charge in [-0.25, -0.2) is 0 Å². The molecule has 202 valence electrons. The van der Waals surface area contributed by atoms with Gasteiger partial charge >= 0.3 is 0 Å². The van der Waals surface area contributed by atoms with E-state index in [4.69, 9.17) is 9.47 Å². The third kappa shape index (κ3) is 2.97. The summed E-state index contributed by atoms with van der Waals surface area (Å²) in [4.78, 5) is 2.85. The van der Waals surface area contributed by atoms with Gasteiger partial charge in [-0.2, -0.15) is 0 Å². The van der Waals surface area contributed by atoms with E-state index in [1.807, 2.05) is 13.2 Å². The van der Waals surface area contributed by atoms with Crippen molar-refractivity contribution in [3.8, 4) is 11.5 Å². The summed E-state index contributed by atoms with van der Waals surface area (Å²) >= 11 is 0. The first-order valence-corrected chi connectivity index (χ1v) is 15.5. The van der Waals surface area contributed by atoms with E-state index < -0.39 is 5.60 Å². The summed E-state index contributed by atoms with van der Waals surface area (Å²) in [5, 5.41) is 22.9. The highest BCUT2D eigenvalue weighted by molar-refractivity contribution is 5.63. The lowest BCUT2D eigenvalue weighted by molar-refractivity contribution is -0.290. The van der Waals surface area contributed by atoms with Crippen molar-refractivity contribution in [3.63, 3.8) is 0 Å². The van der Waals surface area contributed by atoms with E-state index in [1.54, 1.807) is 0 Å². The molecule has 5 saturated carbocycles. The minimum Gasteiger partial charge on any atom is -0.504 e. The van der Waals surface area contributed by atoms with E-state index >= 15 is 0 Å². The summed E-state index contributed by atoms with van der Waals surface area (Å²) in [6.07, 6.45) is 16.4. The van der Waals surface area contributed by atoms with Crippen LogP contribution in [0.15, 0.2) is 12.1 Å². The summed E-state index contributed by atoms with van der Waals surface area (Å²) in [5.74, 6) is 2.77. The molecule has 2 heterocycles. The van der Waals surface area contributed by atoms with E-state index in [2.05, 4.69) is 11.0 Å². The third-order valence-electron chi connectivity index (χ3n) is 12.8. The average molecular weight is 508 g/mol. The Morgan fingerprint density at radius 3 is 2.70 bits per heavy atom. The number of benzene rings is 1. The van der Waals surface area contributed by atoms with Crippen molar-refractivity contribution >= 4 is 0 Å². The molecule has 5 heteroatoms. The number of phenolic OH excluding ortho intramolecular Hbond substituents is 1. The summed E-state index contributed by atoms with van der Waals surface area (Å²) in [7, 11) is 1.87. The highest BCUT2D eigenvalue weighted by Gasteiger charge is 2.81. The Bertz CT molecular complexity index is 1080. The maximum Gasteiger partial charge on any atom is 0.165 e. The molecule has 2 N–H and O–H groups in total. The van der Waals surface area contributed by atoms with Crippen LogP contribution in [-0.2, 0) is 16.6 Å². The number of phenols is 1. The number of fused-ring (bicyclic) bond motifs is 2. The number of rotatable bonds is 7. The van der Waals surface area contributed by atoms with E-state index in [0.717, 1.165) is 69.1 Å². The van der Waals surface area contributed by atoms with Crippen LogP contribution in [0.4, 0.5) is 0 Å². The van der Waals surface area contributed by atoms with Gasteiger partial charge in [0.05, 0.1) is 6.10 Å². The van der Waals surface area contributed by atoms with Gasteiger partial charge in [-0.3, -0.25) is 4.90 Å². The first-order chi connectivity index (χ1) is 18.0. The van der Waals surface area contributed by atoms with Crippen LogP contribution in [0.25, 0.3) is 0 Å². The van der Waals surface area contributed by atoms with Crippen molar-refractivity contribution in [1.29, 1.82) is 0 Å². The number of aliphatic hydroxyl groups excluding tert-OH is 1. The lowest BCUT2D eigenvalue weighted by atomic mass is 9.34. The van der Waals surface area contributed by atoms with Crippen LogP contribution in [0.2, 0.25) is 0 Å². The molecule has 4 bridgehead atoms. The topological polar surface area (TPSA) is 62.2 Å². The Morgan fingerprint density at radius 1 is 1.08 bits per heavy atom. The molecule has 37 heavy (non-hydrogen) atoms. The highest BCUT2D eigenvalue weighted by Crippen LogP contribution is 2.77. The predicted molar refractivity (Wildman–Crippen MR) is 142 cm³/mol. The van der Waals surface area contributed by atoms with Crippen LogP contribution in [0.1, 0.15) is 94.6 Å². The van der Waals surface area contributed by atoms with E-state index in [0.29, 0.717) is 6.04 Å². The zero-order valence-corrected chi connectivity index (χ0v) is 22.6. The molecular formula is C32H45NO4. The number of aliphatic hydroxyl groups is 1. The molecule has 0 unspecified atom stereocenters. The molecular weight excluding hydrogens is 462 g/mol. The Labute approximate surface area is 221 Å². The molecule has 2 spiro atoms. The molecule has 6 fully saturated rings. The fraction of sp³-hybridized carbons (Fsp3) is 0.812. The third-order valence-corrected chi connectivity index (χ3v) is 12.8. The standard InChI is InChI=1S/C32H45NO4/c1-36-32-14-13-30(18-23(32)24(34)11-9-20-5-3-2-4-6-20)26-17-22-10-12-25(35)28-27(22)31(30,29(32)37-28)15-16-33(26)19-21-7-8-21/h10,12,20-21,23-24,26,29,34-35H,2-9,11,13-19H2,1H3/t23-,24-,26-,29-,30-,31+,32-/m1/s1. The van der Waals surface area contributed by atoms with Crippen molar-refractivity contribution in [2.24, 2.45) is 23.2 Å². The largest absolute Gasteiger partial charge is 0.504 e. The Hall–Kier alpha value is -1.30. The molecule has 0 radical (unpaired) electrons. The Balaban J connectivity index is 1.21. The van der Waals surface area contributed by atoms with E-state index in [9.17, 15) is 10.2 Å². The number of hydrogen-bond acceptors (Lipinski definition) is 5. The average Bonchev–Trinajstić information content (AvgIpc) is 3.67. The van der Waals surface area contributed by atoms with Crippen LogP contribution in [0, 0.1) is 23.2 Å². The molecule has 5 nitrogen and oxygen atoms in total. The number of nitrogens with zero attached hydrogens (tertiary/aromatic N) is 1. The SMILES string of the molecule is CO[C@]12CC[C@@]3(C[C@@H]1[C@H](O)CCC1CCCCC1)[C@H]1Cc4ccc(O)c5c4[C@@]3(CCN1CC1CC1)[C@H]2O5. The first kappa shape index (κ1) is 23.6. The van der Waals surface area contributed by atoms with Gasteiger partial charge in [-0.05, 0) is 87.8 Å². The number of likely N-dealkylation sites (tertiary alicyclic amines) is 1. The van der Waals surface area contributed by atoms with Gasteiger partial charge in [0.15, 0.2) is 11.5 Å². The van der Waals surface area contributed by atoms with Crippen LogP contribution in [-0.4, -0.2) is 59.2 Å². The summed E-state index contributed by atoms with van der Waals surface area (Å²) in [6.45, 7) is 2.35. The molecule has 6 aliphatic carbocycles. The molecule has 9 rings (SSSR count). The van der Waals surface area contributed by atoms with Gasteiger partial charge in [-0.1, -0.05) is 38.2 Å². The molecule has 1 aromatic carbocycles. The number of piperidine rings is 1. The van der Waals surface area contributed by atoms with Gasteiger partial charge in [0.25, 0.3) is 0 Å². The summed E-state index contributed by atoms with van der Waals surface area (Å²) < 4.78 is 13.5. The van der Waals surface area contributed by atoms with Crippen molar-refractivity contribution in [1.82, 2.24) is 4.90 Å². The molecule has 2 aliphatic heterocycles. The minimum absolute atomic E-state index is 0.0909. The van der Waals surface area contributed by atoms with Gasteiger partial charge < -0.3 is 19.7 Å². The fourth-order valence-electron chi connectivity index (χ4n) is 11.0. The van der Waals surface area contributed by atoms with Gasteiger partial charge in [0, 0.05) is 42.0 Å². The maximum absolute atomic E-state index is 11.9. The molecule has 8 aliphatic rings. The van der Waals surface area contributed by atoms with Crippen LogP contribution >= 0.6 is 0 Å². The first-order valence-electron chi connectivity index (χ1n) is 15.5. The summed E-state index contributed by atoms with van der Waals surface area (Å²) in [6, 6.07) is 4.54. The van der Waals surface area contributed by atoms with Gasteiger partial charge in [0.1, 0.15) is 11.7 Å². The Kier molecular flexibility index (Phi) is 5.17. The summed E-state index contributed by atoms with van der Waals surface area (Å²) in [5.41, 5.74) is 2.20. The van der Waals surface area contributed by atoms with Crippen LogP contribution < -0.4 is 4.74 Å². The number of methoxy groups -OCH3 is 1. The van der Waals surface area contributed by atoms with Crippen molar-refractivity contribution < 1.29 is 19.7 Å². The quantitative estimate of drug-likeness (QED) is 0.522.